The summed E-state index contributed by atoms with van der Waals surface area (Å²) < 4.78 is 26.7. The predicted molar refractivity (Wildman–Crippen MR) is 81.2 cm³/mol. The standard InChI is InChI=1S/C12H6Cl3N3O2S/c13-8-2-1-7(5-16)11(3-8)18-21(19,20)9-4-10(14)12(15)17-6-9/h1-4,6,18H. The van der Waals surface area contributed by atoms with Gasteiger partial charge in [-0.3, -0.25) is 4.72 Å². The molecule has 0 fully saturated rings. The number of hydrogen-bond acceptors (Lipinski definition) is 4. The van der Waals surface area contributed by atoms with Crippen molar-refractivity contribution < 1.29 is 8.42 Å². The van der Waals surface area contributed by atoms with Crippen LogP contribution in [0.25, 0.3) is 0 Å². The van der Waals surface area contributed by atoms with Crippen LogP contribution in [0.3, 0.4) is 0 Å². The lowest BCUT2D eigenvalue weighted by Crippen LogP contribution is -2.14. The van der Waals surface area contributed by atoms with Gasteiger partial charge in [-0.15, -0.1) is 0 Å². The third-order valence-electron chi connectivity index (χ3n) is 2.43. The van der Waals surface area contributed by atoms with E-state index in [0.29, 0.717) is 5.02 Å². The quantitative estimate of drug-likeness (QED) is 0.844. The number of anilines is 1. The van der Waals surface area contributed by atoms with E-state index in [2.05, 4.69) is 9.71 Å². The van der Waals surface area contributed by atoms with Gasteiger partial charge >= 0.3 is 0 Å². The Morgan fingerprint density at radius 1 is 1.19 bits per heavy atom. The van der Waals surface area contributed by atoms with E-state index in [4.69, 9.17) is 40.1 Å². The fourth-order valence-corrected chi connectivity index (χ4v) is 3.00. The number of aromatic nitrogens is 1. The molecule has 5 nitrogen and oxygen atoms in total. The normalized spacial score (nSPS) is 11.0. The summed E-state index contributed by atoms with van der Waals surface area (Å²) >= 11 is 17.2. The molecule has 0 saturated heterocycles. The van der Waals surface area contributed by atoms with Crippen LogP contribution in [0.1, 0.15) is 5.56 Å². The van der Waals surface area contributed by atoms with Crippen molar-refractivity contribution in [3.8, 4) is 6.07 Å². The molecule has 0 amide bonds. The predicted octanol–water partition coefficient (Wildman–Crippen LogP) is 3.71. The van der Waals surface area contributed by atoms with Gasteiger partial charge in [0.25, 0.3) is 10.0 Å². The maximum Gasteiger partial charge on any atom is 0.263 e. The minimum atomic E-state index is -3.97. The van der Waals surface area contributed by atoms with Crippen LogP contribution in [-0.4, -0.2) is 13.4 Å². The Bertz CT molecular complexity index is 847. The van der Waals surface area contributed by atoms with Gasteiger partial charge in [0.15, 0.2) is 0 Å². The number of halogens is 3. The second-order valence-electron chi connectivity index (χ2n) is 3.85. The van der Waals surface area contributed by atoms with Crippen molar-refractivity contribution in [1.82, 2.24) is 4.98 Å². The topological polar surface area (TPSA) is 82.9 Å². The Balaban J connectivity index is 2.45. The van der Waals surface area contributed by atoms with Crippen molar-refractivity contribution in [3.05, 3.63) is 51.2 Å². The van der Waals surface area contributed by atoms with E-state index in [-0.39, 0.29) is 26.3 Å². The number of hydrogen-bond donors (Lipinski definition) is 1. The molecule has 0 aliphatic carbocycles. The summed E-state index contributed by atoms with van der Waals surface area (Å²) in [5.74, 6) is 0. The van der Waals surface area contributed by atoms with Gasteiger partial charge in [-0.1, -0.05) is 34.8 Å². The van der Waals surface area contributed by atoms with Crippen LogP contribution in [0.4, 0.5) is 5.69 Å². The average Bonchev–Trinajstić information content (AvgIpc) is 2.41. The maximum absolute atomic E-state index is 12.2. The van der Waals surface area contributed by atoms with E-state index >= 15 is 0 Å². The zero-order valence-corrected chi connectivity index (χ0v) is 13.2. The molecule has 1 aromatic carbocycles. The van der Waals surface area contributed by atoms with Crippen molar-refractivity contribution in [2.24, 2.45) is 0 Å². The molecule has 0 aliphatic heterocycles. The van der Waals surface area contributed by atoms with Crippen LogP contribution in [0, 0.1) is 11.3 Å². The number of nitrogens with one attached hydrogen (secondary N) is 1. The van der Waals surface area contributed by atoms with Crippen LogP contribution in [0.15, 0.2) is 35.4 Å². The van der Waals surface area contributed by atoms with Crippen LogP contribution < -0.4 is 4.72 Å². The molecular weight excluding hydrogens is 357 g/mol. The van der Waals surface area contributed by atoms with Gasteiger partial charge in [0.05, 0.1) is 16.3 Å². The first-order chi connectivity index (χ1) is 9.83. The smallest absolute Gasteiger partial charge is 0.263 e. The number of nitrogens with zero attached hydrogens (tertiary/aromatic N) is 2. The highest BCUT2D eigenvalue weighted by Gasteiger charge is 2.18. The highest BCUT2D eigenvalue weighted by molar-refractivity contribution is 7.92. The van der Waals surface area contributed by atoms with Crippen LogP contribution in [-0.2, 0) is 10.0 Å². The first-order valence-corrected chi connectivity index (χ1v) is 7.99. The molecule has 1 heterocycles. The lowest BCUT2D eigenvalue weighted by Gasteiger charge is -2.10. The lowest BCUT2D eigenvalue weighted by atomic mass is 10.2. The molecule has 21 heavy (non-hydrogen) atoms. The third-order valence-corrected chi connectivity index (χ3v) is 4.68. The van der Waals surface area contributed by atoms with Gasteiger partial charge in [-0.2, -0.15) is 5.26 Å². The SMILES string of the molecule is N#Cc1ccc(Cl)cc1NS(=O)(=O)c1cnc(Cl)c(Cl)c1. The Morgan fingerprint density at radius 3 is 2.52 bits per heavy atom. The summed E-state index contributed by atoms with van der Waals surface area (Å²) in [5, 5.41) is 9.27. The molecular formula is C12H6Cl3N3O2S. The summed E-state index contributed by atoms with van der Waals surface area (Å²) in [7, 11) is -3.97. The van der Waals surface area contributed by atoms with E-state index in [1.807, 2.05) is 6.07 Å². The second-order valence-corrected chi connectivity index (χ2v) is 6.73. The van der Waals surface area contributed by atoms with Gasteiger partial charge in [0.1, 0.15) is 16.1 Å². The Kier molecular flexibility index (Phi) is 4.59. The van der Waals surface area contributed by atoms with E-state index < -0.39 is 10.0 Å². The molecule has 9 heteroatoms. The van der Waals surface area contributed by atoms with Crippen LogP contribution in [0.2, 0.25) is 15.2 Å². The summed E-state index contributed by atoms with van der Waals surface area (Å²) in [6.07, 6.45) is 1.06. The Labute approximate surface area is 136 Å². The van der Waals surface area contributed by atoms with Crippen molar-refractivity contribution in [1.29, 1.82) is 5.26 Å². The number of rotatable bonds is 3. The van der Waals surface area contributed by atoms with Gasteiger partial charge in [-0.05, 0) is 24.3 Å². The lowest BCUT2D eigenvalue weighted by molar-refractivity contribution is 0.601. The van der Waals surface area contributed by atoms with E-state index in [9.17, 15) is 8.42 Å². The monoisotopic (exact) mass is 361 g/mol. The summed E-state index contributed by atoms with van der Waals surface area (Å²) in [6.45, 7) is 0. The molecule has 2 rings (SSSR count). The van der Waals surface area contributed by atoms with Gasteiger partial charge < -0.3 is 0 Å². The highest BCUT2D eigenvalue weighted by Crippen LogP contribution is 2.26. The van der Waals surface area contributed by atoms with Crippen molar-refractivity contribution >= 4 is 50.5 Å². The second kappa shape index (κ2) is 6.08. The molecule has 0 unspecified atom stereocenters. The fourth-order valence-electron chi connectivity index (χ4n) is 1.45. The molecule has 0 spiro atoms. The zero-order valence-electron chi connectivity index (χ0n) is 10.1. The number of sulfonamides is 1. The minimum absolute atomic E-state index is 0.00362. The van der Waals surface area contributed by atoms with Crippen molar-refractivity contribution in [2.75, 3.05) is 4.72 Å². The van der Waals surface area contributed by atoms with Gasteiger partial charge in [0.2, 0.25) is 0 Å². The maximum atomic E-state index is 12.2. The molecule has 2 aromatic rings. The fraction of sp³-hybridized carbons (Fsp3) is 0. The molecule has 108 valence electrons. The molecule has 0 aliphatic rings. The van der Waals surface area contributed by atoms with Crippen molar-refractivity contribution in [3.63, 3.8) is 0 Å². The van der Waals surface area contributed by atoms with Crippen LogP contribution in [0.5, 0.6) is 0 Å². The van der Waals surface area contributed by atoms with E-state index in [0.717, 1.165) is 12.3 Å². The molecule has 0 atom stereocenters. The molecule has 1 N–H and O–H groups in total. The van der Waals surface area contributed by atoms with Crippen molar-refractivity contribution in [2.45, 2.75) is 4.90 Å². The molecule has 0 saturated carbocycles. The average molecular weight is 363 g/mol. The molecule has 0 radical (unpaired) electrons. The Morgan fingerprint density at radius 2 is 1.90 bits per heavy atom. The van der Waals surface area contributed by atoms with Gasteiger partial charge in [-0.25, -0.2) is 13.4 Å². The van der Waals surface area contributed by atoms with Crippen LogP contribution >= 0.6 is 34.8 Å². The largest absolute Gasteiger partial charge is 0.278 e. The summed E-state index contributed by atoms with van der Waals surface area (Å²) in [4.78, 5) is 3.49. The summed E-state index contributed by atoms with van der Waals surface area (Å²) in [5.41, 5.74) is 0.201. The van der Waals surface area contributed by atoms with E-state index in [1.165, 1.54) is 18.2 Å². The zero-order chi connectivity index (χ0) is 15.6. The third kappa shape index (κ3) is 3.57. The first kappa shape index (κ1) is 15.9. The first-order valence-electron chi connectivity index (χ1n) is 5.37. The molecule has 0 bridgehead atoms. The minimum Gasteiger partial charge on any atom is -0.278 e. The molecule has 1 aromatic heterocycles. The summed E-state index contributed by atoms with van der Waals surface area (Å²) in [6, 6.07) is 7.26. The number of nitriles is 1. The number of benzene rings is 1. The highest BCUT2D eigenvalue weighted by atomic mass is 35.5. The van der Waals surface area contributed by atoms with E-state index in [1.54, 1.807) is 0 Å². The van der Waals surface area contributed by atoms with Gasteiger partial charge in [0, 0.05) is 11.2 Å². The number of pyridine rings is 1. The Hall–Kier alpha value is -1.52.